The zero-order valence-electron chi connectivity index (χ0n) is 14.4. The molecule has 0 saturated carbocycles. The molecule has 2 aliphatic heterocycles. The van der Waals surface area contributed by atoms with E-state index >= 15 is 0 Å². The maximum absolute atomic E-state index is 13.9. The highest BCUT2D eigenvalue weighted by molar-refractivity contribution is 5.95. The summed E-state index contributed by atoms with van der Waals surface area (Å²) in [4.78, 5) is 22.1. The van der Waals surface area contributed by atoms with Crippen molar-refractivity contribution in [2.24, 2.45) is 0 Å². The van der Waals surface area contributed by atoms with E-state index in [9.17, 15) is 13.6 Å². The van der Waals surface area contributed by atoms with Gasteiger partial charge in [-0.05, 0) is 25.6 Å². The van der Waals surface area contributed by atoms with Crippen LogP contribution >= 0.6 is 0 Å². The summed E-state index contributed by atoms with van der Waals surface area (Å²) in [6.45, 7) is 3.58. The highest BCUT2D eigenvalue weighted by atomic mass is 19.3. The third kappa shape index (κ3) is 3.42. The molecule has 0 aliphatic carbocycles. The van der Waals surface area contributed by atoms with E-state index in [4.69, 9.17) is 0 Å². The molecule has 3 rings (SSSR count). The van der Waals surface area contributed by atoms with E-state index in [2.05, 4.69) is 9.88 Å². The Balaban J connectivity index is 1.69. The van der Waals surface area contributed by atoms with Crippen molar-refractivity contribution in [1.29, 1.82) is 0 Å². The van der Waals surface area contributed by atoms with Crippen molar-refractivity contribution in [3.8, 4) is 0 Å². The number of hydrogen-bond acceptors (Lipinski definition) is 4. The average Bonchev–Trinajstić information content (AvgIpc) is 2.78. The van der Waals surface area contributed by atoms with Crippen LogP contribution in [0.1, 0.15) is 22.3 Å². The van der Waals surface area contributed by atoms with Crippen molar-refractivity contribution in [2.75, 3.05) is 40.3 Å². The number of carbonyl (C=O) groups excluding carboxylic acids is 1. The van der Waals surface area contributed by atoms with Crippen LogP contribution in [-0.2, 0) is 0 Å². The standard InChI is InChI=1S/C17H24F2N4O/c1-12-4-5-20-7-15(12)16(24)22(3)10-13-6-17(18,19)11-23(13)14-8-21(2)9-14/h4-5,7,13-14H,6,8-11H2,1-3H3/t13-/m0/s1. The number of nitrogens with zero attached hydrogens (tertiary/aromatic N) is 4. The molecule has 0 bridgehead atoms. The monoisotopic (exact) mass is 338 g/mol. The molecule has 1 amide bonds. The normalized spacial score (nSPS) is 24.8. The smallest absolute Gasteiger partial charge is 0.262 e. The molecule has 0 aromatic carbocycles. The molecule has 0 unspecified atom stereocenters. The van der Waals surface area contributed by atoms with Gasteiger partial charge in [-0.3, -0.25) is 14.7 Å². The first-order chi connectivity index (χ1) is 11.3. The van der Waals surface area contributed by atoms with Crippen molar-refractivity contribution < 1.29 is 13.6 Å². The molecule has 1 aromatic rings. The maximum atomic E-state index is 13.9. The number of aromatic nitrogens is 1. The molecule has 0 N–H and O–H groups in total. The van der Waals surface area contributed by atoms with E-state index in [1.165, 1.54) is 6.20 Å². The minimum absolute atomic E-state index is 0.164. The molecule has 24 heavy (non-hydrogen) atoms. The molecule has 0 radical (unpaired) electrons. The van der Waals surface area contributed by atoms with Crippen molar-refractivity contribution >= 4 is 5.91 Å². The van der Waals surface area contributed by atoms with E-state index in [0.717, 1.165) is 18.7 Å². The molecular formula is C17H24F2N4O. The van der Waals surface area contributed by atoms with Gasteiger partial charge in [0.05, 0.1) is 12.1 Å². The van der Waals surface area contributed by atoms with E-state index in [1.807, 2.05) is 18.9 Å². The second-order valence-corrected chi connectivity index (χ2v) is 7.14. The predicted molar refractivity (Wildman–Crippen MR) is 87.3 cm³/mol. The molecule has 2 saturated heterocycles. The number of aryl methyl sites for hydroxylation is 1. The van der Waals surface area contributed by atoms with E-state index in [0.29, 0.717) is 12.1 Å². The van der Waals surface area contributed by atoms with Gasteiger partial charge in [0.25, 0.3) is 11.8 Å². The molecule has 2 aliphatic rings. The zero-order chi connectivity index (χ0) is 17.5. The minimum Gasteiger partial charge on any atom is -0.340 e. The van der Waals surface area contributed by atoms with Crippen molar-refractivity contribution in [2.45, 2.75) is 31.4 Å². The van der Waals surface area contributed by atoms with Gasteiger partial charge in [0.2, 0.25) is 0 Å². The zero-order valence-corrected chi connectivity index (χ0v) is 14.4. The van der Waals surface area contributed by atoms with E-state index in [1.54, 1.807) is 24.2 Å². The number of alkyl halides is 2. The summed E-state index contributed by atoms with van der Waals surface area (Å²) in [6.07, 6.45) is 2.99. The van der Waals surface area contributed by atoms with Crippen molar-refractivity contribution in [1.82, 2.24) is 19.7 Å². The van der Waals surface area contributed by atoms with Gasteiger partial charge in [0.15, 0.2) is 0 Å². The lowest BCUT2D eigenvalue weighted by atomic mass is 10.1. The third-order valence-corrected chi connectivity index (χ3v) is 5.03. The summed E-state index contributed by atoms with van der Waals surface area (Å²) >= 11 is 0. The molecule has 1 aromatic heterocycles. The Kier molecular flexibility index (Phi) is 4.57. The second-order valence-electron chi connectivity index (χ2n) is 7.14. The van der Waals surface area contributed by atoms with E-state index < -0.39 is 5.92 Å². The van der Waals surface area contributed by atoms with Crippen LogP contribution in [-0.4, -0.2) is 83.9 Å². The number of pyridine rings is 1. The number of hydrogen-bond donors (Lipinski definition) is 0. The van der Waals surface area contributed by atoms with Gasteiger partial charge in [-0.1, -0.05) is 0 Å². The highest BCUT2D eigenvalue weighted by Crippen LogP contribution is 2.35. The molecular weight excluding hydrogens is 314 g/mol. The highest BCUT2D eigenvalue weighted by Gasteiger charge is 2.49. The fourth-order valence-corrected chi connectivity index (χ4v) is 3.69. The molecule has 5 nitrogen and oxygen atoms in total. The largest absolute Gasteiger partial charge is 0.340 e. The summed E-state index contributed by atoms with van der Waals surface area (Å²) in [5.41, 5.74) is 1.37. The molecule has 1 atom stereocenters. The van der Waals surface area contributed by atoms with Crippen LogP contribution in [0, 0.1) is 6.92 Å². The first-order valence-electron chi connectivity index (χ1n) is 8.25. The number of carbonyl (C=O) groups is 1. The van der Waals surface area contributed by atoms with E-state index in [-0.39, 0.29) is 31.0 Å². The lowest BCUT2D eigenvalue weighted by Crippen LogP contribution is -2.60. The average molecular weight is 338 g/mol. The fourth-order valence-electron chi connectivity index (χ4n) is 3.69. The lowest BCUT2D eigenvalue weighted by Gasteiger charge is -2.44. The van der Waals surface area contributed by atoms with Crippen molar-refractivity contribution in [3.63, 3.8) is 0 Å². The lowest BCUT2D eigenvalue weighted by molar-refractivity contribution is -0.00983. The van der Waals surface area contributed by atoms with Crippen LogP contribution in [0.2, 0.25) is 0 Å². The number of likely N-dealkylation sites (N-methyl/N-ethyl adjacent to an activating group) is 2. The van der Waals surface area contributed by atoms with Gasteiger partial charge in [-0.25, -0.2) is 8.78 Å². The number of amides is 1. The van der Waals surface area contributed by atoms with Crippen LogP contribution in [0.5, 0.6) is 0 Å². The van der Waals surface area contributed by atoms with Crippen LogP contribution in [0.3, 0.4) is 0 Å². The Morgan fingerprint density at radius 1 is 1.46 bits per heavy atom. The molecule has 0 spiro atoms. The van der Waals surface area contributed by atoms with Crippen molar-refractivity contribution in [3.05, 3.63) is 29.6 Å². The van der Waals surface area contributed by atoms with Crippen LogP contribution in [0.4, 0.5) is 8.78 Å². The number of halogens is 2. The van der Waals surface area contributed by atoms with Gasteiger partial charge in [-0.15, -0.1) is 0 Å². The molecule has 3 heterocycles. The SMILES string of the molecule is Cc1ccncc1C(=O)N(C)C[C@@H]1CC(F)(F)CN1C1CN(C)C1. The molecule has 2 fully saturated rings. The Morgan fingerprint density at radius 2 is 2.17 bits per heavy atom. The van der Waals surface area contributed by atoms with Gasteiger partial charge < -0.3 is 9.80 Å². The maximum Gasteiger partial charge on any atom is 0.262 e. The van der Waals surface area contributed by atoms with Crippen LogP contribution in [0.15, 0.2) is 18.5 Å². The minimum atomic E-state index is -2.67. The topological polar surface area (TPSA) is 39.7 Å². The second kappa shape index (κ2) is 6.37. The molecule has 7 heteroatoms. The summed E-state index contributed by atoms with van der Waals surface area (Å²) in [7, 11) is 3.66. The number of likely N-dealkylation sites (tertiary alicyclic amines) is 2. The first-order valence-corrected chi connectivity index (χ1v) is 8.25. The Bertz CT molecular complexity index is 618. The van der Waals surface area contributed by atoms with Gasteiger partial charge in [0.1, 0.15) is 0 Å². The summed E-state index contributed by atoms with van der Waals surface area (Å²) < 4.78 is 27.9. The Labute approximate surface area is 141 Å². The van der Waals surface area contributed by atoms with Gasteiger partial charge in [0, 0.05) is 57.6 Å². The fraction of sp³-hybridized carbons (Fsp3) is 0.647. The van der Waals surface area contributed by atoms with Gasteiger partial charge >= 0.3 is 0 Å². The van der Waals surface area contributed by atoms with Crippen LogP contribution < -0.4 is 0 Å². The summed E-state index contributed by atoms with van der Waals surface area (Å²) in [5, 5.41) is 0. The quantitative estimate of drug-likeness (QED) is 0.834. The predicted octanol–water partition coefficient (Wildman–Crippen LogP) is 1.49. The summed E-state index contributed by atoms with van der Waals surface area (Å²) in [5.74, 6) is -2.84. The van der Waals surface area contributed by atoms with Crippen LogP contribution in [0.25, 0.3) is 0 Å². The number of rotatable bonds is 4. The Hall–Kier alpha value is -1.60. The third-order valence-electron chi connectivity index (χ3n) is 5.03. The molecule has 132 valence electrons. The van der Waals surface area contributed by atoms with Gasteiger partial charge in [-0.2, -0.15) is 0 Å². The first kappa shape index (κ1) is 17.2. The summed E-state index contributed by atoms with van der Waals surface area (Å²) in [6, 6.07) is 1.64. The Morgan fingerprint density at radius 3 is 2.79 bits per heavy atom.